The van der Waals surface area contributed by atoms with Crippen LogP contribution in [-0.2, 0) is 4.79 Å². The lowest BCUT2D eigenvalue weighted by atomic mass is 9.91. The van der Waals surface area contributed by atoms with E-state index in [0.29, 0.717) is 22.6 Å². The average molecular weight is 391 g/mol. The van der Waals surface area contributed by atoms with E-state index in [2.05, 4.69) is 9.97 Å². The molecule has 8 heteroatoms. The Morgan fingerprint density at radius 3 is 2.22 bits per heavy atom. The maximum Gasteiger partial charge on any atom is 0.255 e. The smallest absolute Gasteiger partial charge is 0.255 e. The molecule has 0 bridgehead atoms. The van der Waals surface area contributed by atoms with Gasteiger partial charge in [-0.25, -0.2) is 10.9 Å². The summed E-state index contributed by atoms with van der Waals surface area (Å²) >= 11 is 1.24. The molecule has 1 amide bonds. The van der Waals surface area contributed by atoms with Crippen LogP contribution in [0.1, 0.15) is 26.3 Å². The van der Waals surface area contributed by atoms with Gasteiger partial charge in [-0.15, -0.1) is 0 Å². The largest absolute Gasteiger partial charge is 0.481 e. The molecule has 2 N–H and O–H groups in total. The molecule has 1 unspecified atom stereocenters. The number of rotatable bonds is 6. The van der Waals surface area contributed by atoms with Crippen LogP contribution in [0.2, 0.25) is 0 Å². The summed E-state index contributed by atoms with van der Waals surface area (Å²) in [5, 5.41) is 1.06. The predicted molar refractivity (Wildman–Crippen MR) is 107 cm³/mol. The van der Waals surface area contributed by atoms with Gasteiger partial charge in [-0.3, -0.25) is 4.79 Å². The minimum Gasteiger partial charge on any atom is -0.481 e. The first-order valence-electron chi connectivity index (χ1n) is 8.44. The second-order valence-corrected chi connectivity index (χ2v) is 8.22. The number of nitrogens with zero attached hydrogens (tertiary/aromatic N) is 3. The van der Waals surface area contributed by atoms with E-state index in [9.17, 15) is 4.79 Å². The van der Waals surface area contributed by atoms with Gasteiger partial charge in [0.15, 0.2) is 5.16 Å². The number of amides is 1. The van der Waals surface area contributed by atoms with Gasteiger partial charge in [0.1, 0.15) is 0 Å². The molecule has 27 heavy (non-hydrogen) atoms. The third-order valence-electron chi connectivity index (χ3n) is 3.83. The molecule has 1 aromatic carbocycles. The molecule has 0 saturated heterocycles. The maximum atomic E-state index is 13.2. The summed E-state index contributed by atoms with van der Waals surface area (Å²) in [7, 11) is 3.03. The molecule has 0 fully saturated rings. The molecule has 0 aliphatic carbocycles. The molecular formula is C19H26N4O3S. The molecule has 0 saturated carbocycles. The number of carbonyl (C=O) groups excluding carboxylic acids is 1. The van der Waals surface area contributed by atoms with Crippen molar-refractivity contribution in [3.05, 3.63) is 35.9 Å². The van der Waals surface area contributed by atoms with Gasteiger partial charge in [-0.05, 0) is 30.0 Å². The molecule has 1 atom stereocenters. The van der Waals surface area contributed by atoms with Gasteiger partial charge in [0, 0.05) is 0 Å². The van der Waals surface area contributed by atoms with Crippen LogP contribution in [0.5, 0.6) is 11.8 Å². The van der Waals surface area contributed by atoms with Gasteiger partial charge in [0.2, 0.25) is 11.8 Å². The number of methoxy groups -OCH3 is 2. The first kappa shape index (κ1) is 21.0. The van der Waals surface area contributed by atoms with Gasteiger partial charge in [-0.1, -0.05) is 44.7 Å². The summed E-state index contributed by atoms with van der Waals surface area (Å²) in [6, 6.07) is 9.08. The van der Waals surface area contributed by atoms with E-state index >= 15 is 0 Å². The van der Waals surface area contributed by atoms with Crippen molar-refractivity contribution in [2.75, 3.05) is 19.2 Å². The Morgan fingerprint density at radius 2 is 1.74 bits per heavy atom. The molecule has 0 spiro atoms. The predicted octanol–water partition coefficient (Wildman–Crippen LogP) is 3.22. The van der Waals surface area contributed by atoms with Crippen LogP contribution in [0.4, 0.5) is 5.69 Å². The van der Waals surface area contributed by atoms with E-state index in [-0.39, 0.29) is 11.3 Å². The maximum absolute atomic E-state index is 13.2. The highest BCUT2D eigenvalue weighted by Crippen LogP contribution is 2.36. The molecule has 0 radical (unpaired) electrons. The highest BCUT2D eigenvalue weighted by molar-refractivity contribution is 8.00. The van der Waals surface area contributed by atoms with E-state index in [0.717, 1.165) is 5.56 Å². The van der Waals surface area contributed by atoms with E-state index in [4.69, 9.17) is 15.3 Å². The number of nitrogens with two attached hydrogens (primary N) is 1. The van der Waals surface area contributed by atoms with E-state index in [1.165, 1.54) is 31.0 Å². The number of benzene rings is 1. The topological polar surface area (TPSA) is 90.6 Å². The number of carbonyl (C=O) groups is 1. The zero-order chi connectivity index (χ0) is 20.2. The lowest BCUT2D eigenvalue weighted by Crippen LogP contribution is -2.47. The van der Waals surface area contributed by atoms with E-state index < -0.39 is 5.25 Å². The van der Waals surface area contributed by atoms with Crippen LogP contribution in [0.15, 0.2) is 35.5 Å². The molecule has 0 aliphatic heterocycles. The third kappa shape index (κ3) is 5.33. The summed E-state index contributed by atoms with van der Waals surface area (Å²) in [6.45, 7) is 7.88. The Hall–Kier alpha value is -2.32. The van der Waals surface area contributed by atoms with Crippen molar-refractivity contribution in [1.82, 2.24) is 9.97 Å². The van der Waals surface area contributed by atoms with Crippen molar-refractivity contribution in [3.63, 3.8) is 0 Å². The first-order chi connectivity index (χ1) is 12.7. The number of hydrazine groups is 1. The Kier molecular flexibility index (Phi) is 6.67. The average Bonchev–Trinajstić information content (AvgIpc) is 2.63. The summed E-state index contributed by atoms with van der Waals surface area (Å²) in [6.07, 6.45) is 0. The molecule has 146 valence electrons. The zero-order valence-corrected chi connectivity index (χ0v) is 17.3. The van der Waals surface area contributed by atoms with Crippen LogP contribution in [0.25, 0.3) is 0 Å². The number of hydrogen-bond acceptors (Lipinski definition) is 7. The van der Waals surface area contributed by atoms with Gasteiger partial charge in [0.25, 0.3) is 5.91 Å². The molecule has 0 aliphatic rings. The van der Waals surface area contributed by atoms with Crippen molar-refractivity contribution in [2.24, 2.45) is 11.3 Å². The number of ether oxygens (including phenoxy) is 2. The minimum absolute atomic E-state index is 0.233. The van der Waals surface area contributed by atoms with E-state index in [1.807, 2.05) is 45.9 Å². The summed E-state index contributed by atoms with van der Waals surface area (Å²) in [4.78, 5) is 21.8. The van der Waals surface area contributed by atoms with Gasteiger partial charge < -0.3 is 9.47 Å². The number of aryl methyl sites for hydroxylation is 1. The Bertz CT molecular complexity index is 786. The Labute approximate surface area is 164 Å². The second-order valence-electron chi connectivity index (χ2n) is 7.15. The fourth-order valence-corrected chi connectivity index (χ4v) is 3.44. The monoisotopic (exact) mass is 390 g/mol. The Balaban J connectivity index is 2.34. The fourth-order valence-electron chi connectivity index (χ4n) is 2.38. The summed E-state index contributed by atoms with van der Waals surface area (Å²) in [5.74, 6) is 6.65. The summed E-state index contributed by atoms with van der Waals surface area (Å²) in [5.41, 5.74) is 1.28. The lowest BCUT2D eigenvalue weighted by Gasteiger charge is -2.31. The van der Waals surface area contributed by atoms with Crippen molar-refractivity contribution in [1.29, 1.82) is 0 Å². The normalized spacial score (nSPS) is 12.4. The van der Waals surface area contributed by atoms with Gasteiger partial charge in [-0.2, -0.15) is 9.97 Å². The van der Waals surface area contributed by atoms with Crippen LogP contribution in [0.3, 0.4) is 0 Å². The number of thioether (sulfide) groups is 1. The summed E-state index contributed by atoms with van der Waals surface area (Å²) < 4.78 is 10.4. The van der Waals surface area contributed by atoms with Crippen LogP contribution in [0, 0.1) is 12.3 Å². The molecule has 1 heterocycles. The van der Waals surface area contributed by atoms with Gasteiger partial charge in [0.05, 0.1) is 31.2 Å². The first-order valence-corrected chi connectivity index (χ1v) is 9.32. The standard InChI is InChI=1S/C19H26N4O3S/c1-12-8-7-9-13(10-12)23(20)17(24)16(19(2,3)4)27-18-21-14(25-5)11-15(22-18)26-6/h7-11,16H,20H2,1-6H3. The molecule has 1 aromatic heterocycles. The highest BCUT2D eigenvalue weighted by Gasteiger charge is 2.36. The minimum atomic E-state index is -0.514. The quantitative estimate of drug-likeness (QED) is 0.266. The van der Waals surface area contributed by atoms with Crippen LogP contribution < -0.4 is 20.3 Å². The molecular weight excluding hydrogens is 364 g/mol. The molecule has 7 nitrogen and oxygen atoms in total. The highest BCUT2D eigenvalue weighted by atomic mass is 32.2. The second kappa shape index (κ2) is 8.58. The van der Waals surface area contributed by atoms with Crippen molar-refractivity contribution >= 4 is 23.4 Å². The number of anilines is 1. The van der Waals surface area contributed by atoms with E-state index in [1.54, 1.807) is 12.1 Å². The van der Waals surface area contributed by atoms with Crippen molar-refractivity contribution in [2.45, 2.75) is 38.1 Å². The third-order valence-corrected chi connectivity index (χ3v) is 5.37. The zero-order valence-electron chi connectivity index (χ0n) is 16.5. The lowest BCUT2D eigenvalue weighted by molar-refractivity contribution is -0.119. The number of hydrogen-bond donors (Lipinski definition) is 1. The van der Waals surface area contributed by atoms with Crippen LogP contribution >= 0.6 is 11.8 Å². The van der Waals surface area contributed by atoms with Crippen molar-refractivity contribution in [3.8, 4) is 11.8 Å². The number of aromatic nitrogens is 2. The Morgan fingerprint density at radius 1 is 1.15 bits per heavy atom. The van der Waals surface area contributed by atoms with Crippen molar-refractivity contribution < 1.29 is 14.3 Å². The van der Waals surface area contributed by atoms with Gasteiger partial charge >= 0.3 is 0 Å². The molecule has 2 aromatic rings. The SMILES string of the molecule is COc1cc(OC)nc(SC(C(=O)N(N)c2cccc(C)c2)C(C)(C)C)n1. The molecule has 2 rings (SSSR count). The fraction of sp³-hybridized carbons (Fsp3) is 0.421. The van der Waals surface area contributed by atoms with Crippen LogP contribution in [-0.4, -0.2) is 35.3 Å².